The van der Waals surface area contributed by atoms with Gasteiger partial charge in [0.15, 0.2) is 0 Å². The number of thioether (sulfide) groups is 1. The normalized spacial score (nSPS) is 16.3. The number of ether oxygens (including phenoxy) is 1. The molecule has 0 saturated heterocycles. The van der Waals surface area contributed by atoms with E-state index in [0.717, 1.165) is 21.6 Å². The van der Waals surface area contributed by atoms with Crippen molar-refractivity contribution in [1.82, 2.24) is 10.6 Å². The minimum Gasteiger partial charge on any atom is -0.463 e. The van der Waals surface area contributed by atoms with E-state index in [0.29, 0.717) is 17.0 Å². The highest BCUT2D eigenvalue weighted by Crippen LogP contribution is 2.32. The molecule has 0 unspecified atom stereocenters. The molecule has 1 aliphatic heterocycles. The van der Waals surface area contributed by atoms with Gasteiger partial charge in [0.2, 0.25) is 0 Å². The van der Waals surface area contributed by atoms with Gasteiger partial charge in [0.25, 0.3) is 0 Å². The molecule has 1 aliphatic rings. The molecule has 29 heavy (non-hydrogen) atoms. The number of urea groups is 1. The standard InChI is InChI=1S/C23H26N2O3S/c1-5-28-22(26)20-19(13-29-17-10-7-14(2)8-11-17)24-23(27)25-21(20)18-12-15(3)6-9-16(18)4/h6-12,21H,5,13H2,1-4H3,(H2,24,25,27)/t21-/m0/s1. The zero-order chi connectivity index (χ0) is 21.0. The third kappa shape index (κ3) is 5.01. The molecule has 6 heteroatoms. The van der Waals surface area contributed by atoms with Crippen LogP contribution in [0.1, 0.15) is 35.2 Å². The fraction of sp³-hybridized carbons (Fsp3) is 0.304. The van der Waals surface area contributed by atoms with E-state index in [1.165, 1.54) is 5.56 Å². The molecule has 1 heterocycles. The first-order chi connectivity index (χ1) is 13.9. The molecule has 3 rings (SSSR count). The maximum atomic E-state index is 12.9. The Bertz CT molecular complexity index is 951. The summed E-state index contributed by atoms with van der Waals surface area (Å²) in [6, 6.07) is 13.3. The number of hydrogen-bond acceptors (Lipinski definition) is 4. The highest BCUT2D eigenvalue weighted by molar-refractivity contribution is 7.99. The Morgan fingerprint density at radius 1 is 1.07 bits per heavy atom. The summed E-state index contributed by atoms with van der Waals surface area (Å²) < 4.78 is 5.34. The number of carbonyl (C=O) groups excluding carboxylic acids is 2. The van der Waals surface area contributed by atoms with Crippen LogP contribution in [-0.4, -0.2) is 24.4 Å². The Kier molecular flexibility index (Phi) is 6.64. The lowest BCUT2D eigenvalue weighted by atomic mass is 9.91. The van der Waals surface area contributed by atoms with Gasteiger partial charge in [0, 0.05) is 16.3 Å². The second kappa shape index (κ2) is 9.18. The van der Waals surface area contributed by atoms with Gasteiger partial charge in [0.05, 0.1) is 18.2 Å². The molecule has 0 fully saturated rings. The number of rotatable bonds is 6. The monoisotopic (exact) mass is 410 g/mol. The molecule has 0 spiro atoms. The summed E-state index contributed by atoms with van der Waals surface area (Å²) in [6.07, 6.45) is 0. The van der Waals surface area contributed by atoms with Crippen LogP contribution >= 0.6 is 11.8 Å². The summed E-state index contributed by atoms with van der Waals surface area (Å²) in [5, 5.41) is 5.74. The maximum absolute atomic E-state index is 12.9. The summed E-state index contributed by atoms with van der Waals surface area (Å²) in [7, 11) is 0. The van der Waals surface area contributed by atoms with Crippen LogP contribution in [0.25, 0.3) is 0 Å². The van der Waals surface area contributed by atoms with Gasteiger partial charge in [-0.1, -0.05) is 41.5 Å². The van der Waals surface area contributed by atoms with E-state index in [-0.39, 0.29) is 12.6 Å². The summed E-state index contributed by atoms with van der Waals surface area (Å²) in [6.45, 7) is 8.06. The summed E-state index contributed by atoms with van der Waals surface area (Å²) >= 11 is 1.57. The molecule has 2 N–H and O–H groups in total. The number of nitrogens with one attached hydrogen (secondary N) is 2. The SMILES string of the molecule is CCOC(=O)C1=C(CSc2ccc(C)cc2)NC(=O)N[C@H]1c1cc(C)ccc1C. The predicted molar refractivity (Wildman–Crippen MR) is 116 cm³/mol. The highest BCUT2D eigenvalue weighted by Gasteiger charge is 2.34. The second-order valence-electron chi connectivity index (χ2n) is 7.11. The zero-order valence-corrected chi connectivity index (χ0v) is 18.0. The fourth-order valence-electron chi connectivity index (χ4n) is 3.28. The quantitative estimate of drug-likeness (QED) is 0.541. The van der Waals surface area contributed by atoms with Crippen LogP contribution in [-0.2, 0) is 9.53 Å². The van der Waals surface area contributed by atoms with Crippen LogP contribution in [0.2, 0.25) is 0 Å². The topological polar surface area (TPSA) is 67.4 Å². The molecule has 2 aromatic rings. The average molecular weight is 411 g/mol. The molecule has 5 nitrogen and oxygen atoms in total. The zero-order valence-electron chi connectivity index (χ0n) is 17.2. The van der Waals surface area contributed by atoms with Crippen molar-refractivity contribution in [1.29, 1.82) is 0 Å². The smallest absolute Gasteiger partial charge is 0.338 e. The van der Waals surface area contributed by atoms with Crippen LogP contribution in [0.5, 0.6) is 0 Å². The first-order valence-electron chi connectivity index (χ1n) is 9.63. The number of esters is 1. The second-order valence-corrected chi connectivity index (χ2v) is 8.15. The highest BCUT2D eigenvalue weighted by atomic mass is 32.2. The molecule has 0 aromatic heterocycles. The van der Waals surface area contributed by atoms with Gasteiger partial charge < -0.3 is 15.4 Å². The third-order valence-electron chi connectivity index (χ3n) is 4.80. The number of carbonyl (C=O) groups is 2. The minimum absolute atomic E-state index is 0.272. The van der Waals surface area contributed by atoms with Gasteiger partial charge in [0.1, 0.15) is 0 Å². The molecular weight excluding hydrogens is 384 g/mol. The van der Waals surface area contributed by atoms with Crippen LogP contribution in [0, 0.1) is 20.8 Å². The van der Waals surface area contributed by atoms with E-state index in [1.54, 1.807) is 18.7 Å². The largest absolute Gasteiger partial charge is 0.463 e. The maximum Gasteiger partial charge on any atom is 0.338 e. The van der Waals surface area contributed by atoms with E-state index in [4.69, 9.17) is 4.74 Å². The van der Waals surface area contributed by atoms with E-state index >= 15 is 0 Å². The summed E-state index contributed by atoms with van der Waals surface area (Å²) in [4.78, 5) is 26.4. The molecule has 0 bridgehead atoms. The van der Waals surface area contributed by atoms with Gasteiger partial charge in [-0.05, 0) is 51.0 Å². The molecule has 2 aromatic carbocycles. The number of amides is 2. The van der Waals surface area contributed by atoms with E-state index in [2.05, 4.69) is 10.6 Å². The Hall–Kier alpha value is -2.73. The van der Waals surface area contributed by atoms with Crippen LogP contribution < -0.4 is 10.6 Å². The van der Waals surface area contributed by atoms with Gasteiger partial charge in [-0.3, -0.25) is 0 Å². The van der Waals surface area contributed by atoms with Crippen LogP contribution in [0.3, 0.4) is 0 Å². The van der Waals surface area contributed by atoms with Crippen molar-refractivity contribution in [3.8, 4) is 0 Å². The Labute approximate surface area is 175 Å². The minimum atomic E-state index is -0.545. The number of hydrogen-bond donors (Lipinski definition) is 2. The average Bonchev–Trinajstić information content (AvgIpc) is 2.69. The van der Waals surface area contributed by atoms with Crippen molar-refractivity contribution in [2.24, 2.45) is 0 Å². The molecule has 1 atom stereocenters. The van der Waals surface area contributed by atoms with Gasteiger partial charge in [-0.2, -0.15) is 0 Å². The van der Waals surface area contributed by atoms with Crippen molar-refractivity contribution in [3.63, 3.8) is 0 Å². The lowest BCUT2D eigenvalue weighted by Gasteiger charge is -2.30. The first-order valence-corrected chi connectivity index (χ1v) is 10.6. The summed E-state index contributed by atoms with van der Waals surface area (Å²) in [5.74, 6) is 0.0526. The van der Waals surface area contributed by atoms with Crippen molar-refractivity contribution in [3.05, 3.63) is 76.0 Å². The molecule has 152 valence electrons. The molecule has 0 radical (unpaired) electrons. The summed E-state index contributed by atoms with van der Waals surface area (Å²) in [5.41, 5.74) is 5.21. The molecule has 2 amide bonds. The lowest BCUT2D eigenvalue weighted by Crippen LogP contribution is -2.46. The van der Waals surface area contributed by atoms with Crippen LogP contribution in [0.4, 0.5) is 4.79 Å². The lowest BCUT2D eigenvalue weighted by molar-refractivity contribution is -0.139. The first kappa shape index (κ1) is 21.0. The Balaban J connectivity index is 2.00. The predicted octanol–water partition coefficient (Wildman–Crippen LogP) is 4.58. The molecule has 0 saturated carbocycles. The number of aryl methyl sites for hydroxylation is 3. The fourth-order valence-corrected chi connectivity index (χ4v) is 4.14. The van der Waals surface area contributed by atoms with E-state index in [9.17, 15) is 9.59 Å². The molecule has 0 aliphatic carbocycles. The van der Waals surface area contributed by atoms with Gasteiger partial charge >= 0.3 is 12.0 Å². The van der Waals surface area contributed by atoms with Crippen molar-refractivity contribution in [2.45, 2.75) is 38.6 Å². The Morgan fingerprint density at radius 3 is 2.45 bits per heavy atom. The Morgan fingerprint density at radius 2 is 1.76 bits per heavy atom. The van der Waals surface area contributed by atoms with Crippen LogP contribution in [0.15, 0.2) is 58.6 Å². The molecular formula is C23H26N2O3S. The van der Waals surface area contributed by atoms with Gasteiger partial charge in [-0.25, -0.2) is 9.59 Å². The number of benzene rings is 2. The van der Waals surface area contributed by atoms with Gasteiger partial charge in [-0.15, -0.1) is 11.8 Å². The van der Waals surface area contributed by atoms with Crippen molar-refractivity contribution >= 4 is 23.8 Å². The van der Waals surface area contributed by atoms with E-state index in [1.807, 2.05) is 63.2 Å². The van der Waals surface area contributed by atoms with Crippen molar-refractivity contribution in [2.75, 3.05) is 12.4 Å². The third-order valence-corrected chi connectivity index (χ3v) is 5.84. The van der Waals surface area contributed by atoms with E-state index < -0.39 is 12.0 Å². The van der Waals surface area contributed by atoms with Crippen molar-refractivity contribution < 1.29 is 14.3 Å².